The van der Waals surface area contributed by atoms with E-state index in [-0.39, 0.29) is 12.4 Å². The fraction of sp³-hybridized carbons (Fsp3) is 0.111. The average Bonchev–Trinajstić information content (AvgIpc) is 3.41. The third-order valence-electron chi connectivity index (χ3n) is 4.86. The summed E-state index contributed by atoms with van der Waals surface area (Å²) in [6.45, 7) is 0.301. The summed E-state index contributed by atoms with van der Waals surface area (Å²) < 4.78 is 16.6. The normalized spacial score (nSPS) is 11.4. The second-order valence-corrected chi connectivity index (χ2v) is 7.43. The molecule has 3 aromatic carbocycles. The number of ether oxygens (including phenoxy) is 2. The highest BCUT2D eigenvalue weighted by molar-refractivity contribution is 6.00. The lowest BCUT2D eigenvalue weighted by atomic mass is 10.2. The Labute approximate surface area is 197 Å². The summed E-state index contributed by atoms with van der Waals surface area (Å²) in [5, 5.41) is 5.49. The largest absolute Gasteiger partial charge is 0.459 e. The number of para-hydroxylation sites is 1. The van der Waals surface area contributed by atoms with Gasteiger partial charge in [0.2, 0.25) is 5.91 Å². The number of amides is 2. The van der Waals surface area contributed by atoms with E-state index in [1.165, 1.54) is 12.3 Å². The molecule has 0 aliphatic heterocycles. The molecule has 0 spiro atoms. The average molecular weight is 456 g/mol. The second kappa shape index (κ2) is 11.5. The molecule has 0 aliphatic carbocycles. The first-order chi connectivity index (χ1) is 16.7. The van der Waals surface area contributed by atoms with Crippen molar-refractivity contribution >= 4 is 17.5 Å². The molecule has 1 aromatic heterocycles. The molecule has 0 radical (unpaired) electrons. The van der Waals surface area contributed by atoms with Crippen LogP contribution in [-0.2, 0) is 16.1 Å². The minimum Gasteiger partial charge on any atom is -0.459 e. The maximum atomic E-state index is 13.0. The van der Waals surface area contributed by atoms with Crippen molar-refractivity contribution in [3.8, 4) is 11.5 Å². The van der Waals surface area contributed by atoms with Gasteiger partial charge >= 0.3 is 0 Å². The number of furan rings is 1. The molecular formula is C27H24N2O5. The SMILES string of the molecule is O=C(NC(COCc1ccccc1)C(=O)Nc1ccc(Oc2ccccc2)cc1)c1ccco1. The van der Waals surface area contributed by atoms with Gasteiger partial charge in [0.15, 0.2) is 5.76 Å². The molecule has 1 heterocycles. The van der Waals surface area contributed by atoms with E-state index in [4.69, 9.17) is 13.9 Å². The van der Waals surface area contributed by atoms with Gasteiger partial charge in [-0.1, -0.05) is 48.5 Å². The van der Waals surface area contributed by atoms with Gasteiger partial charge in [-0.15, -0.1) is 0 Å². The first kappa shape index (κ1) is 22.8. The molecule has 7 heteroatoms. The molecule has 2 N–H and O–H groups in total. The molecule has 0 saturated heterocycles. The molecule has 4 aromatic rings. The lowest BCUT2D eigenvalue weighted by Gasteiger charge is -2.18. The highest BCUT2D eigenvalue weighted by Crippen LogP contribution is 2.22. The van der Waals surface area contributed by atoms with Crippen LogP contribution in [0.25, 0.3) is 0 Å². The van der Waals surface area contributed by atoms with Crippen molar-refractivity contribution in [3.63, 3.8) is 0 Å². The van der Waals surface area contributed by atoms with E-state index in [9.17, 15) is 9.59 Å². The van der Waals surface area contributed by atoms with Gasteiger partial charge in [0.05, 0.1) is 19.5 Å². The minimum atomic E-state index is -0.929. The molecule has 1 atom stereocenters. The summed E-state index contributed by atoms with van der Waals surface area (Å²) in [6.07, 6.45) is 1.40. The van der Waals surface area contributed by atoms with Crippen LogP contribution in [0.15, 0.2) is 108 Å². The van der Waals surface area contributed by atoms with Gasteiger partial charge in [-0.3, -0.25) is 9.59 Å². The van der Waals surface area contributed by atoms with Crippen LogP contribution in [0.1, 0.15) is 16.1 Å². The van der Waals surface area contributed by atoms with E-state index in [0.29, 0.717) is 18.0 Å². The molecule has 172 valence electrons. The van der Waals surface area contributed by atoms with E-state index < -0.39 is 17.9 Å². The van der Waals surface area contributed by atoms with E-state index in [1.807, 2.05) is 60.7 Å². The second-order valence-electron chi connectivity index (χ2n) is 7.43. The van der Waals surface area contributed by atoms with Crippen LogP contribution in [0.5, 0.6) is 11.5 Å². The fourth-order valence-corrected chi connectivity index (χ4v) is 3.15. The number of hydrogen-bond acceptors (Lipinski definition) is 5. The van der Waals surface area contributed by atoms with Gasteiger partial charge in [-0.25, -0.2) is 0 Å². The summed E-state index contributed by atoms with van der Waals surface area (Å²) in [7, 11) is 0. The molecule has 0 saturated carbocycles. The lowest BCUT2D eigenvalue weighted by molar-refractivity contribution is -0.119. The summed E-state index contributed by atoms with van der Waals surface area (Å²) >= 11 is 0. The Morgan fingerprint density at radius 1 is 0.794 bits per heavy atom. The van der Waals surface area contributed by atoms with Crippen molar-refractivity contribution in [2.75, 3.05) is 11.9 Å². The topological polar surface area (TPSA) is 89.8 Å². The number of carbonyl (C=O) groups is 2. The number of hydrogen-bond donors (Lipinski definition) is 2. The summed E-state index contributed by atoms with van der Waals surface area (Å²) in [4.78, 5) is 25.4. The van der Waals surface area contributed by atoms with Gasteiger partial charge in [-0.2, -0.15) is 0 Å². The molecule has 2 amide bonds. The first-order valence-electron chi connectivity index (χ1n) is 10.8. The maximum Gasteiger partial charge on any atom is 0.287 e. The first-order valence-corrected chi connectivity index (χ1v) is 10.8. The third-order valence-corrected chi connectivity index (χ3v) is 4.86. The van der Waals surface area contributed by atoms with Crippen LogP contribution in [-0.4, -0.2) is 24.5 Å². The van der Waals surface area contributed by atoms with Crippen LogP contribution in [0.4, 0.5) is 5.69 Å². The van der Waals surface area contributed by atoms with E-state index in [1.54, 1.807) is 30.3 Å². The highest BCUT2D eigenvalue weighted by Gasteiger charge is 2.23. The predicted molar refractivity (Wildman–Crippen MR) is 128 cm³/mol. The quantitative estimate of drug-likeness (QED) is 0.350. The Morgan fingerprint density at radius 3 is 2.15 bits per heavy atom. The van der Waals surface area contributed by atoms with Crippen LogP contribution >= 0.6 is 0 Å². The van der Waals surface area contributed by atoms with Gasteiger partial charge < -0.3 is 24.5 Å². The minimum absolute atomic E-state index is 0.0115. The summed E-state index contributed by atoms with van der Waals surface area (Å²) in [5.74, 6) is 0.557. The molecule has 0 bridgehead atoms. The molecule has 0 fully saturated rings. The van der Waals surface area contributed by atoms with Crippen molar-refractivity contribution in [1.82, 2.24) is 5.32 Å². The zero-order valence-corrected chi connectivity index (χ0v) is 18.3. The smallest absolute Gasteiger partial charge is 0.287 e. The zero-order chi connectivity index (χ0) is 23.6. The van der Waals surface area contributed by atoms with E-state index in [2.05, 4.69) is 10.6 Å². The van der Waals surface area contributed by atoms with Gasteiger partial charge in [0.25, 0.3) is 5.91 Å². The Balaban J connectivity index is 1.38. The van der Waals surface area contributed by atoms with Gasteiger partial charge in [-0.05, 0) is 54.1 Å². The molecule has 34 heavy (non-hydrogen) atoms. The lowest BCUT2D eigenvalue weighted by Crippen LogP contribution is -2.46. The van der Waals surface area contributed by atoms with Crippen molar-refractivity contribution in [2.45, 2.75) is 12.6 Å². The number of carbonyl (C=O) groups excluding carboxylic acids is 2. The van der Waals surface area contributed by atoms with Crippen molar-refractivity contribution in [1.29, 1.82) is 0 Å². The molecule has 1 unspecified atom stereocenters. The predicted octanol–water partition coefficient (Wildman–Crippen LogP) is 5.03. The number of nitrogens with one attached hydrogen (secondary N) is 2. The molecular weight excluding hydrogens is 432 g/mol. The molecule has 4 rings (SSSR count). The number of rotatable bonds is 10. The third kappa shape index (κ3) is 6.57. The maximum absolute atomic E-state index is 13.0. The summed E-state index contributed by atoms with van der Waals surface area (Å²) in [6, 6.07) is 28.2. The molecule has 0 aliphatic rings. The van der Waals surface area contributed by atoms with Crippen LogP contribution in [0.3, 0.4) is 0 Å². The Kier molecular flexibility index (Phi) is 7.71. The Hall–Kier alpha value is -4.36. The zero-order valence-electron chi connectivity index (χ0n) is 18.3. The van der Waals surface area contributed by atoms with Crippen molar-refractivity contribution in [2.24, 2.45) is 0 Å². The highest BCUT2D eigenvalue weighted by atomic mass is 16.5. The standard InChI is InChI=1S/C27H24N2O5/c30-26(28-21-13-15-23(16-14-21)34-22-10-5-2-6-11-22)24(29-27(31)25-12-7-17-33-25)19-32-18-20-8-3-1-4-9-20/h1-17,24H,18-19H2,(H,28,30)(H,29,31). The van der Waals surface area contributed by atoms with Gasteiger partial charge in [0.1, 0.15) is 17.5 Å². The van der Waals surface area contributed by atoms with Crippen LogP contribution in [0.2, 0.25) is 0 Å². The number of anilines is 1. The molecule has 7 nitrogen and oxygen atoms in total. The van der Waals surface area contributed by atoms with Crippen molar-refractivity contribution in [3.05, 3.63) is 115 Å². The van der Waals surface area contributed by atoms with Gasteiger partial charge in [0, 0.05) is 5.69 Å². The summed E-state index contributed by atoms with van der Waals surface area (Å²) in [5.41, 5.74) is 1.53. The number of benzene rings is 3. The Bertz CT molecular complexity index is 1180. The monoisotopic (exact) mass is 456 g/mol. The fourth-order valence-electron chi connectivity index (χ4n) is 3.15. The Morgan fingerprint density at radius 2 is 1.47 bits per heavy atom. The van der Waals surface area contributed by atoms with E-state index in [0.717, 1.165) is 11.3 Å². The van der Waals surface area contributed by atoms with Crippen molar-refractivity contribution < 1.29 is 23.5 Å². The van der Waals surface area contributed by atoms with Crippen LogP contribution < -0.4 is 15.4 Å². The van der Waals surface area contributed by atoms with E-state index >= 15 is 0 Å². The van der Waals surface area contributed by atoms with Crippen LogP contribution in [0, 0.1) is 0 Å².